The molecule has 1 fully saturated rings. The lowest BCUT2D eigenvalue weighted by Gasteiger charge is -2.33. The highest BCUT2D eigenvalue weighted by molar-refractivity contribution is 4.89. The summed E-state index contributed by atoms with van der Waals surface area (Å²) < 4.78 is 0. The van der Waals surface area contributed by atoms with Crippen molar-refractivity contribution in [2.75, 3.05) is 19.6 Å². The van der Waals surface area contributed by atoms with E-state index in [1.807, 2.05) is 6.92 Å². The summed E-state index contributed by atoms with van der Waals surface area (Å²) in [5.41, 5.74) is -0.575. The van der Waals surface area contributed by atoms with Crippen molar-refractivity contribution in [2.45, 2.75) is 64.5 Å². The van der Waals surface area contributed by atoms with Gasteiger partial charge in [0.15, 0.2) is 0 Å². The number of hydrogen-bond donors (Lipinski definition) is 3. The third-order valence-electron chi connectivity index (χ3n) is 3.67. The van der Waals surface area contributed by atoms with Gasteiger partial charge in [0.2, 0.25) is 0 Å². The van der Waals surface area contributed by atoms with Crippen LogP contribution in [-0.2, 0) is 0 Å². The Hall–Kier alpha value is -0.120. The Kier molecular flexibility index (Phi) is 6.45. The van der Waals surface area contributed by atoms with Gasteiger partial charge in [0.25, 0.3) is 0 Å². The molecule has 1 aliphatic rings. The molecule has 2 atom stereocenters. The van der Waals surface area contributed by atoms with E-state index >= 15 is 0 Å². The predicted octanol–water partition coefficient (Wildman–Crippen LogP) is 1.91. The lowest BCUT2D eigenvalue weighted by atomic mass is 9.89. The van der Waals surface area contributed by atoms with Gasteiger partial charge in [0, 0.05) is 6.04 Å². The first kappa shape index (κ1) is 14.9. The van der Waals surface area contributed by atoms with Crippen LogP contribution < -0.4 is 10.6 Å². The Morgan fingerprint density at radius 3 is 2.82 bits per heavy atom. The summed E-state index contributed by atoms with van der Waals surface area (Å²) in [7, 11) is 0. The molecule has 3 N–H and O–H groups in total. The van der Waals surface area contributed by atoms with E-state index in [2.05, 4.69) is 24.5 Å². The highest BCUT2D eigenvalue weighted by Gasteiger charge is 2.31. The molecule has 2 unspecified atom stereocenters. The molecule has 0 aromatic heterocycles. The molecule has 0 bridgehead atoms. The zero-order valence-electron chi connectivity index (χ0n) is 11.8. The molecule has 17 heavy (non-hydrogen) atoms. The van der Waals surface area contributed by atoms with Crippen LogP contribution in [0.1, 0.15) is 52.9 Å². The monoisotopic (exact) mass is 242 g/mol. The first-order valence-corrected chi connectivity index (χ1v) is 7.19. The van der Waals surface area contributed by atoms with Gasteiger partial charge in [0.1, 0.15) is 0 Å². The largest absolute Gasteiger partial charge is 0.389 e. The van der Waals surface area contributed by atoms with Crippen LogP contribution >= 0.6 is 0 Å². The summed E-state index contributed by atoms with van der Waals surface area (Å²) in [6.07, 6.45) is 5.73. The minimum atomic E-state index is -0.575. The van der Waals surface area contributed by atoms with Gasteiger partial charge in [-0.05, 0) is 51.7 Å². The Morgan fingerprint density at radius 1 is 1.35 bits per heavy atom. The molecule has 1 heterocycles. The molecule has 102 valence electrons. The number of hydrogen-bond acceptors (Lipinski definition) is 3. The number of rotatable bonds is 6. The van der Waals surface area contributed by atoms with Crippen molar-refractivity contribution in [2.24, 2.45) is 5.92 Å². The second-order valence-corrected chi connectivity index (χ2v) is 6.06. The Bertz CT molecular complexity index is 196. The first-order chi connectivity index (χ1) is 8.02. The van der Waals surface area contributed by atoms with Crippen LogP contribution in [0.2, 0.25) is 0 Å². The fraction of sp³-hybridized carbons (Fsp3) is 1.00. The van der Waals surface area contributed by atoms with Crippen molar-refractivity contribution in [3.8, 4) is 0 Å². The van der Waals surface area contributed by atoms with E-state index in [4.69, 9.17) is 0 Å². The van der Waals surface area contributed by atoms with E-state index in [-0.39, 0.29) is 6.04 Å². The molecule has 0 aliphatic carbocycles. The van der Waals surface area contributed by atoms with Gasteiger partial charge in [-0.1, -0.05) is 26.7 Å². The molecular weight excluding hydrogens is 212 g/mol. The molecule has 3 nitrogen and oxygen atoms in total. The summed E-state index contributed by atoms with van der Waals surface area (Å²) >= 11 is 0. The maximum absolute atomic E-state index is 10.5. The molecule has 0 amide bonds. The third kappa shape index (κ3) is 5.84. The quantitative estimate of drug-likeness (QED) is 0.623. The molecule has 0 radical (unpaired) electrons. The van der Waals surface area contributed by atoms with E-state index in [0.29, 0.717) is 5.92 Å². The molecule has 0 spiro atoms. The van der Waals surface area contributed by atoms with Crippen molar-refractivity contribution in [1.82, 2.24) is 10.6 Å². The Labute approximate surface area is 106 Å². The van der Waals surface area contributed by atoms with Crippen LogP contribution in [-0.4, -0.2) is 36.4 Å². The normalized spacial score (nSPS) is 25.6. The molecule has 0 aromatic carbocycles. The van der Waals surface area contributed by atoms with Gasteiger partial charge in [-0.3, -0.25) is 0 Å². The minimum Gasteiger partial charge on any atom is -0.389 e. The van der Waals surface area contributed by atoms with Crippen LogP contribution in [0.5, 0.6) is 0 Å². The average Bonchev–Trinajstić information content (AvgIpc) is 2.53. The van der Waals surface area contributed by atoms with Gasteiger partial charge in [0.05, 0.1) is 5.60 Å². The molecule has 1 saturated heterocycles. The van der Waals surface area contributed by atoms with Gasteiger partial charge in [-0.15, -0.1) is 0 Å². The second kappa shape index (κ2) is 7.34. The van der Waals surface area contributed by atoms with Crippen LogP contribution in [0.3, 0.4) is 0 Å². The average molecular weight is 242 g/mol. The summed E-state index contributed by atoms with van der Waals surface area (Å²) in [6, 6.07) is 0.269. The Balaban J connectivity index is 2.27. The smallest absolute Gasteiger partial charge is 0.0784 e. The summed E-state index contributed by atoms with van der Waals surface area (Å²) in [6.45, 7) is 9.39. The van der Waals surface area contributed by atoms with E-state index < -0.39 is 5.60 Å². The maximum Gasteiger partial charge on any atom is 0.0784 e. The van der Waals surface area contributed by atoms with Gasteiger partial charge in [-0.25, -0.2) is 0 Å². The van der Waals surface area contributed by atoms with Crippen molar-refractivity contribution >= 4 is 0 Å². The zero-order chi connectivity index (χ0) is 12.7. The van der Waals surface area contributed by atoms with Gasteiger partial charge in [-0.2, -0.15) is 0 Å². The van der Waals surface area contributed by atoms with Crippen molar-refractivity contribution in [3.63, 3.8) is 0 Å². The SMILES string of the molecule is CC(C)CNCCC(C)(O)C1CCCCCN1. The third-order valence-corrected chi connectivity index (χ3v) is 3.67. The standard InChI is InChI=1S/C14H30N2O/c1-12(2)11-15-10-8-14(3,17)13-7-5-4-6-9-16-13/h12-13,15-17H,4-11H2,1-3H3. The van der Waals surface area contributed by atoms with Crippen LogP contribution in [0.25, 0.3) is 0 Å². The van der Waals surface area contributed by atoms with E-state index in [9.17, 15) is 5.11 Å². The first-order valence-electron chi connectivity index (χ1n) is 7.19. The Morgan fingerprint density at radius 2 is 2.12 bits per heavy atom. The van der Waals surface area contributed by atoms with E-state index in [0.717, 1.165) is 32.5 Å². The zero-order valence-corrected chi connectivity index (χ0v) is 11.8. The van der Waals surface area contributed by atoms with Crippen LogP contribution in [0.15, 0.2) is 0 Å². The predicted molar refractivity (Wildman–Crippen MR) is 73.2 cm³/mol. The highest BCUT2D eigenvalue weighted by Crippen LogP contribution is 2.21. The molecule has 0 saturated carbocycles. The lowest BCUT2D eigenvalue weighted by Crippen LogP contribution is -2.49. The fourth-order valence-electron chi connectivity index (χ4n) is 2.47. The lowest BCUT2D eigenvalue weighted by molar-refractivity contribution is 0.0101. The van der Waals surface area contributed by atoms with Crippen LogP contribution in [0, 0.1) is 5.92 Å². The molecule has 0 aromatic rings. The fourth-order valence-corrected chi connectivity index (χ4v) is 2.47. The molecule has 1 aliphatic heterocycles. The van der Waals surface area contributed by atoms with E-state index in [1.54, 1.807) is 0 Å². The maximum atomic E-state index is 10.5. The molecular formula is C14H30N2O. The van der Waals surface area contributed by atoms with E-state index in [1.165, 1.54) is 19.3 Å². The topological polar surface area (TPSA) is 44.3 Å². The number of aliphatic hydroxyl groups is 1. The minimum absolute atomic E-state index is 0.269. The van der Waals surface area contributed by atoms with Crippen molar-refractivity contribution < 1.29 is 5.11 Å². The second-order valence-electron chi connectivity index (χ2n) is 6.06. The highest BCUT2D eigenvalue weighted by atomic mass is 16.3. The number of nitrogens with one attached hydrogen (secondary N) is 2. The molecule has 1 rings (SSSR count). The molecule has 3 heteroatoms. The summed E-state index contributed by atoms with van der Waals surface area (Å²) in [5, 5.41) is 17.4. The van der Waals surface area contributed by atoms with Crippen molar-refractivity contribution in [1.29, 1.82) is 0 Å². The summed E-state index contributed by atoms with van der Waals surface area (Å²) in [5.74, 6) is 0.677. The summed E-state index contributed by atoms with van der Waals surface area (Å²) in [4.78, 5) is 0. The van der Waals surface area contributed by atoms with Crippen LogP contribution in [0.4, 0.5) is 0 Å². The van der Waals surface area contributed by atoms with Gasteiger partial charge < -0.3 is 15.7 Å². The van der Waals surface area contributed by atoms with Gasteiger partial charge >= 0.3 is 0 Å². The van der Waals surface area contributed by atoms with Crippen molar-refractivity contribution in [3.05, 3.63) is 0 Å².